The topological polar surface area (TPSA) is 0 Å². The fraction of sp³-hybridized carbons (Fsp3) is 0.333. The summed E-state index contributed by atoms with van der Waals surface area (Å²) in [5.74, 6) is 0. The van der Waals surface area contributed by atoms with Crippen molar-refractivity contribution in [2.45, 2.75) is 39.0 Å². The Morgan fingerprint density at radius 2 is 1.50 bits per heavy atom. The first-order valence-corrected chi connectivity index (χ1v) is 7.90. The van der Waals surface area contributed by atoms with Gasteiger partial charge in [-0.1, -0.05) is 55.8 Å². The van der Waals surface area contributed by atoms with Gasteiger partial charge in [-0.15, -0.1) is 11.6 Å². The molecule has 0 nitrogen and oxygen atoms in total. The van der Waals surface area contributed by atoms with E-state index in [4.69, 9.17) is 23.2 Å². The van der Waals surface area contributed by atoms with Crippen LogP contribution < -0.4 is 0 Å². The Kier molecular flexibility index (Phi) is 5.12. The van der Waals surface area contributed by atoms with E-state index < -0.39 is 0 Å². The molecule has 0 bridgehead atoms. The van der Waals surface area contributed by atoms with Gasteiger partial charge in [-0.25, -0.2) is 0 Å². The van der Waals surface area contributed by atoms with Gasteiger partial charge in [0.15, 0.2) is 0 Å². The molecule has 2 aromatic rings. The minimum atomic E-state index is -0.123. The predicted octanol–water partition coefficient (Wildman–Crippen LogP) is 6.10. The molecule has 2 heteroatoms. The standard InChI is InChI=1S/C18H20Cl2/c1-4-13-6-7-16(11-14(13)5-2)18(20)15-8-9-17(19)12(3)10-15/h6-11,18H,4-5H2,1-3H3. The van der Waals surface area contributed by atoms with E-state index in [9.17, 15) is 0 Å². The second-order valence-corrected chi connectivity index (χ2v) is 5.95. The number of benzene rings is 2. The Morgan fingerprint density at radius 1 is 0.900 bits per heavy atom. The van der Waals surface area contributed by atoms with Crippen molar-refractivity contribution in [2.24, 2.45) is 0 Å². The molecule has 0 aliphatic carbocycles. The van der Waals surface area contributed by atoms with Gasteiger partial charge in [0.05, 0.1) is 5.38 Å². The molecule has 2 aromatic carbocycles. The number of rotatable bonds is 4. The van der Waals surface area contributed by atoms with Gasteiger partial charge >= 0.3 is 0 Å². The van der Waals surface area contributed by atoms with Crippen molar-refractivity contribution in [1.29, 1.82) is 0 Å². The molecule has 0 N–H and O–H groups in total. The highest BCUT2D eigenvalue weighted by Crippen LogP contribution is 2.32. The van der Waals surface area contributed by atoms with Crippen molar-refractivity contribution in [3.8, 4) is 0 Å². The van der Waals surface area contributed by atoms with Gasteiger partial charge in [-0.3, -0.25) is 0 Å². The molecular weight excluding hydrogens is 287 g/mol. The Labute approximate surface area is 131 Å². The first kappa shape index (κ1) is 15.4. The Bertz CT molecular complexity index is 602. The maximum absolute atomic E-state index is 6.64. The maximum atomic E-state index is 6.64. The molecule has 0 radical (unpaired) electrons. The van der Waals surface area contributed by atoms with Crippen molar-refractivity contribution in [1.82, 2.24) is 0 Å². The molecule has 0 aliphatic rings. The third-order valence-electron chi connectivity index (χ3n) is 3.76. The summed E-state index contributed by atoms with van der Waals surface area (Å²) in [6.07, 6.45) is 2.11. The van der Waals surface area contributed by atoms with Crippen LogP contribution in [0.3, 0.4) is 0 Å². The summed E-state index contributed by atoms with van der Waals surface area (Å²) in [5, 5.41) is 0.662. The monoisotopic (exact) mass is 306 g/mol. The maximum Gasteiger partial charge on any atom is 0.0835 e. The van der Waals surface area contributed by atoms with Gasteiger partial charge in [0.1, 0.15) is 0 Å². The van der Waals surface area contributed by atoms with E-state index in [0.29, 0.717) is 0 Å². The highest BCUT2D eigenvalue weighted by atomic mass is 35.5. The van der Waals surface area contributed by atoms with Crippen molar-refractivity contribution in [3.05, 3.63) is 69.2 Å². The van der Waals surface area contributed by atoms with E-state index in [1.165, 1.54) is 11.1 Å². The second-order valence-electron chi connectivity index (χ2n) is 5.11. The van der Waals surface area contributed by atoms with Crippen LogP contribution in [0.5, 0.6) is 0 Å². The highest BCUT2D eigenvalue weighted by molar-refractivity contribution is 6.31. The summed E-state index contributed by atoms with van der Waals surface area (Å²) in [6, 6.07) is 12.6. The zero-order valence-corrected chi connectivity index (χ0v) is 13.7. The lowest BCUT2D eigenvalue weighted by atomic mass is 9.96. The summed E-state index contributed by atoms with van der Waals surface area (Å²) in [7, 11) is 0. The fourth-order valence-electron chi connectivity index (χ4n) is 2.50. The second kappa shape index (κ2) is 6.65. The van der Waals surface area contributed by atoms with Gasteiger partial charge in [0.25, 0.3) is 0 Å². The van der Waals surface area contributed by atoms with Crippen molar-refractivity contribution in [3.63, 3.8) is 0 Å². The van der Waals surface area contributed by atoms with Gasteiger partial charge in [0, 0.05) is 5.02 Å². The molecule has 0 aromatic heterocycles. The number of halogens is 2. The van der Waals surface area contributed by atoms with Crippen LogP contribution in [0.25, 0.3) is 0 Å². The molecule has 0 saturated heterocycles. The largest absolute Gasteiger partial charge is 0.113 e. The number of aryl methyl sites for hydroxylation is 3. The average Bonchev–Trinajstić information content (AvgIpc) is 2.48. The summed E-state index contributed by atoms with van der Waals surface area (Å²) < 4.78 is 0. The molecule has 0 amide bonds. The zero-order chi connectivity index (χ0) is 14.7. The van der Waals surface area contributed by atoms with Crippen LogP contribution in [0.15, 0.2) is 36.4 Å². The predicted molar refractivity (Wildman–Crippen MR) is 89.1 cm³/mol. The van der Waals surface area contributed by atoms with Gasteiger partial charge in [0.2, 0.25) is 0 Å². The van der Waals surface area contributed by atoms with Crippen LogP contribution in [-0.2, 0) is 12.8 Å². The van der Waals surface area contributed by atoms with E-state index in [1.807, 2.05) is 19.1 Å². The molecule has 106 valence electrons. The molecule has 0 heterocycles. The summed E-state index contributed by atoms with van der Waals surface area (Å²) in [5.41, 5.74) is 6.12. The van der Waals surface area contributed by atoms with Gasteiger partial charge in [-0.2, -0.15) is 0 Å². The molecule has 1 atom stereocenters. The quantitative estimate of drug-likeness (QED) is 0.598. The third kappa shape index (κ3) is 3.19. The van der Waals surface area contributed by atoms with E-state index in [2.05, 4.69) is 38.1 Å². The first-order valence-electron chi connectivity index (χ1n) is 7.08. The molecule has 2 rings (SSSR count). The lowest BCUT2D eigenvalue weighted by Crippen LogP contribution is -1.98. The summed E-state index contributed by atoms with van der Waals surface area (Å²) in [4.78, 5) is 0. The molecule has 0 spiro atoms. The summed E-state index contributed by atoms with van der Waals surface area (Å²) in [6.45, 7) is 6.38. The van der Waals surface area contributed by atoms with E-state index in [0.717, 1.165) is 34.6 Å². The van der Waals surface area contributed by atoms with Crippen molar-refractivity contribution < 1.29 is 0 Å². The van der Waals surface area contributed by atoms with E-state index in [-0.39, 0.29) is 5.38 Å². The molecular formula is C18H20Cl2. The average molecular weight is 307 g/mol. The molecule has 20 heavy (non-hydrogen) atoms. The summed E-state index contributed by atoms with van der Waals surface area (Å²) >= 11 is 12.7. The highest BCUT2D eigenvalue weighted by Gasteiger charge is 2.13. The van der Waals surface area contributed by atoms with Crippen molar-refractivity contribution >= 4 is 23.2 Å². The Balaban J connectivity index is 2.37. The lowest BCUT2D eigenvalue weighted by molar-refractivity contribution is 1.02. The van der Waals surface area contributed by atoms with Crippen LogP contribution >= 0.6 is 23.2 Å². The SMILES string of the molecule is CCc1ccc(C(Cl)c2ccc(Cl)c(C)c2)cc1CC. The number of alkyl halides is 1. The van der Waals surface area contributed by atoms with Gasteiger partial charge in [-0.05, 0) is 53.6 Å². The minimum Gasteiger partial charge on any atom is -0.113 e. The Morgan fingerprint density at radius 3 is 2.10 bits per heavy atom. The van der Waals surface area contributed by atoms with Crippen LogP contribution in [-0.4, -0.2) is 0 Å². The van der Waals surface area contributed by atoms with Gasteiger partial charge < -0.3 is 0 Å². The van der Waals surface area contributed by atoms with Crippen LogP contribution in [0.1, 0.15) is 47.0 Å². The number of hydrogen-bond donors (Lipinski definition) is 0. The third-order valence-corrected chi connectivity index (χ3v) is 4.69. The molecule has 0 fully saturated rings. The van der Waals surface area contributed by atoms with Crippen molar-refractivity contribution in [2.75, 3.05) is 0 Å². The lowest BCUT2D eigenvalue weighted by Gasteiger charge is -2.15. The minimum absolute atomic E-state index is 0.123. The normalized spacial score (nSPS) is 12.4. The smallest absolute Gasteiger partial charge is 0.0835 e. The Hall–Kier alpha value is -0.980. The van der Waals surface area contributed by atoms with Crippen LogP contribution in [0.4, 0.5) is 0 Å². The molecule has 0 aliphatic heterocycles. The van der Waals surface area contributed by atoms with Crippen LogP contribution in [0, 0.1) is 6.92 Å². The van der Waals surface area contributed by atoms with E-state index >= 15 is 0 Å². The first-order chi connectivity index (χ1) is 9.56. The van der Waals surface area contributed by atoms with Crippen LogP contribution in [0.2, 0.25) is 5.02 Å². The fourth-order valence-corrected chi connectivity index (χ4v) is 2.88. The number of hydrogen-bond acceptors (Lipinski definition) is 0. The zero-order valence-electron chi connectivity index (χ0n) is 12.2. The molecule has 1 unspecified atom stereocenters. The molecule has 0 saturated carbocycles. The van der Waals surface area contributed by atoms with E-state index in [1.54, 1.807) is 0 Å².